The minimum atomic E-state index is -1.08. The number of benzene rings is 1. The summed E-state index contributed by atoms with van der Waals surface area (Å²) in [5.41, 5.74) is -0.868. The van der Waals surface area contributed by atoms with Crippen molar-refractivity contribution >= 4 is 23.5 Å². The van der Waals surface area contributed by atoms with Crippen LogP contribution in [0.5, 0.6) is 0 Å². The van der Waals surface area contributed by atoms with Crippen LogP contribution >= 0.6 is 11.6 Å². The van der Waals surface area contributed by atoms with Gasteiger partial charge in [-0.25, -0.2) is 4.39 Å². The Kier molecular flexibility index (Phi) is 6.38. The predicted octanol–water partition coefficient (Wildman–Crippen LogP) is 3.30. The smallest absolute Gasteiger partial charge is 0.311 e. The fourth-order valence-electron chi connectivity index (χ4n) is 2.90. The summed E-state index contributed by atoms with van der Waals surface area (Å²) in [6, 6.07) is 6.28. The molecule has 2 rings (SSSR count). The van der Waals surface area contributed by atoms with Crippen molar-refractivity contribution in [2.75, 3.05) is 0 Å². The van der Waals surface area contributed by atoms with Crippen LogP contribution < -0.4 is 5.32 Å². The van der Waals surface area contributed by atoms with E-state index in [9.17, 15) is 19.2 Å². The molecule has 0 radical (unpaired) electrons. The number of hydrogen-bond donors (Lipinski definition) is 1. The average Bonchev–Trinajstić information content (AvgIpc) is 2.59. The third-order valence-corrected chi connectivity index (χ3v) is 4.70. The van der Waals surface area contributed by atoms with Gasteiger partial charge >= 0.3 is 5.97 Å². The number of nitrogens with one attached hydrogen (secondary N) is 1. The zero-order valence-electron chi connectivity index (χ0n) is 14.0. The van der Waals surface area contributed by atoms with Gasteiger partial charge in [-0.3, -0.25) is 9.59 Å². The summed E-state index contributed by atoms with van der Waals surface area (Å²) in [5, 5.41) is 12.2. The number of halogens is 2. The summed E-state index contributed by atoms with van der Waals surface area (Å²) in [6.07, 6.45) is 2.49. The minimum absolute atomic E-state index is 0.0301. The summed E-state index contributed by atoms with van der Waals surface area (Å²) in [7, 11) is 0. The molecule has 0 aromatic heterocycles. The Hall–Kier alpha value is -2.13. The molecule has 0 aliphatic heterocycles. The van der Waals surface area contributed by atoms with E-state index in [1.165, 1.54) is 25.1 Å². The number of ether oxygens (including phenoxy) is 1. The van der Waals surface area contributed by atoms with E-state index in [2.05, 4.69) is 11.4 Å². The standard InChI is InChI=1S/C18H20ClFN2O3/c1-12(17(24)22-18(11-21)8-3-2-4-9-18)25-16(23)10-13-14(19)6-5-7-15(13)20/h5-7,12H,2-4,8-10H2,1H3,(H,22,24)/t12-/m0/s1. The second-order valence-electron chi connectivity index (χ2n) is 6.25. The van der Waals surface area contributed by atoms with E-state index in [0.29, 0.717) is 12.8 Å². The van der Waals surface area contributed by atoms with Crippen LogP contribution in [0, 0.1) is 17.1 Å². The Balaban J connectivity index is 1.94. The van der Waals surface area contributed by atoms with Crippen LogP contribution in [0.15, 0.2) is 18.2 Å². The number of nitrogens with zero attached hydrogens (tertiary/aromatic N) is 1. The van der Waals surface area contributed by atoms with Gasteiger partial charge in [-0.1, -0.05) is 36.9 Å². The van der Waals surface area contributed by atoms with E-state index in [0.717, 1.165) is 19.3 Å². The number of nitriles is 1. The molecule has 0 spiro atoms. The van der Waals surface area contributed by atoms with Gasteiger partial charge in [-0.05, 0) is 31.9 Å². The highest BCUT2D eigenvalue weighted by atomic mass is 35.5. The summed E-state index contributed by atoms with van der Waals surface area (Å²) < 4.78 is 18.8. The van der Waals surface area contributed by atoms with E-state index in [1.807, 2.05) is 0 Å². The van der Waals surface area contributed by atoms with Crippen molar-refractivity contribution in [3.63, 3.8) is 0 Å². The Bertz CT molecular complexity index is 676. The fraction of sp³-hybridized carbons (Fsp3) is 0.500. The van der Waals surface area contributed by atoms with Crippen molar-refractivity contribution in [2.24, 2.45) is 0 Å². The molecule has 0 unspecified atom stereocenters. The first-order valence-electron chi connectivity index (χ1n) is 8.22. The van der Waals surface area contributed by atoms with Crippen LogP contribution in [0.2, 0.25) is 5.02 Å². The normalized spacial score (nSPS) is 17.2. The molecule has 1 aromatic rings. The Morgan fingerprint density at radius 3 is 2.68 bits per heavy atom. The first-order valence-corrected chi connectivity index (χ1v) is 8.60. The molecule has 0 heterocycles. The zero-order chi connectivity index (χ0) is 18.4. The molecule has 1 aliphatic rings. The van der Waals surface area contributed by atoms with E-state index in [1.54, 1.807) is 0 Å². The maximum Gasteiger partial charge on any atom is 0.311 e. The summed E-state index contributed by atoms with van der Waals surface area (Å²) in [5.74, 6) is -1.90. The van der Waals surface area contributed by atoms with Crippen molar-refractivity contribution in [1.29, 1.82) is 5.26 Å². The molecular weight excluding hydrogens is 347 g/mol. The third-order valence-electron chi connectivity index (χ3n) is 4.34. The van der Waals surface area contributed by atoms with Gasteiger partial charge in [0.05, 0.1) is 12.5 Å². The van der Waals surface area contributed by atoms with Crippen LogP contribution in [0.3, 0.4) is 0 Å². The highest BCUT2D eigenvalue weighted by Gasteiger charge is 2.35. The van der Waals surface area contributed by atoms with Crippen molar-refractivity contribution in [3.8, 4) is 6.07 Å². The van der Waals surface area contributed by atoms with Crippen LogP contribution in [0.4, 0.5) is 4.39 Å². The molecular formula is C18H20ClFN2O3. The molecule has 1 amide bonds. The maximum atomic E-state index is 13.7. The van der Waals surface area contributed by atoms with Gasteiger partial charge in [-0.15, -0.1) is 0 Å². The van der Waals surface area contributed by atoms with Crippen LogP contribution in [-0.2, 0) is 20.7 Å². The number of rotatable bonds is 5. The van der Waals surface area contributed by atoms with E-state index in [4.69, 9.17) is 16.3 Å². The first-order chi connectivity index (χ1) is 11.9. The van der Waals surface area contributed by atoms with E-state index < -0.39 is 29.3 Å². The van der Waals surface area contributed by atoms with Gasteiger partial charge in [0.2, 0.25) is 0 Å². The van der Waals surface area contributed by atoms with Gasteiger partial charge < -0.3 is 10.1 Å². The lowest BCUT2D eigenvalue weighted by Gasteiger charge is -2.32. The lowest BCUT2D eigenvalue weighted by molar-refractivity contribution is -0.154. The molecule has 1 saturated carbocycles. The summed E-state index contributed by atoms with van der Waals surface area (Å²) in [4.78, 5) is 24.2. The van der Waals surface area contributed by atoms with Gasteiger partial charge in [-0.2, -0.15) is 5.26 Å². The monoisotopic (exact) mass is 366 g/mol. The molecule has 0 bridgehead atoms. The summed E-state index contributed by atoms with van der Waals surface area (Å²) >= 11 is 5.88. The topological polar surface area (TPSA) is 79.2 Å². The molecule has 1 aliphatic carbocycles. The van der Waals surface area contributed by atoms with Crippen molar-refractivity contribution in [3.05, 3.63) is 34.6 Å². The zero-order valence-corrected chi connectivity index (χ0v) is 14.7. The number of carbonyl (C=O) groups is 2. The molecule has 5 nitrogen and oxygen atoms in total. The SMILES string of the molecule is C[C@H](OC(=O)Cc1c(F)cccc1Cl)C(=O)NC1(C#N)CCCCC1. The second kappa shape index (κ2) is 8.30. The lowest BCUT2D eigenvalue weighted by atomic mass is 9.83. The minimum Gasteiger partial charge on any atom is -0.452 e. The van der Waals surface area contributed by atoms with Crippen molar-refractivity contribution < 1.29 is 18.7 Å². The number of hydrogen-bond acceptors (Lipinski definition) is 4. The highest BCUT2D eigenvalue weighted by molar-refractivity contribution is 6.31. The molecule has 134 valence electrons. The predicted molar refractivity (Wildman–Crippen MR) is 90.2 cm³/mol. The highest BCUT2D eigenvalue weighted by Crippen LogP contribution is 2.27. The Morgan fingerprint density at radius 1 is 1.40 bits per heavy atom. The van der Waals surface area contributed by atoms with Crippen LogP contribution in [0.25, 0.3) is 0 Å². The molecule has 25 heavy (non-hydrogen) atoms. The number of esters is 1. The third kappa shape index (κ3) is 4.93. The maximum absolute atomic E-state index is 13.7. The van der Waals surface area contributed by atoms with Gasteiger partial charge in [0.25, 0.3) is 5.91 Å². The molecule has 0 saturated heterocycles. The molecule has 1 fully saturated rings. The number of carbonyl (C=O) groups excluding carboxylic acids is 2. The van der Waals surface area contributed by atoms with E-state index >= 15 is 0 Å². The first kappa shape index (κ1) is 19.2. The molecule has 1 atom stereocenters. The van der Waals surface area contributed by atoms with Crippen molar-refractivity contribution in [1.82, 2.24) is 5.32 Å². The Labute approximate surface area is 151 Å². The van der Waals surface area contributed by atoms with Gasteiger partial charge in [0.1, 0.15) is 11.4 Å². The van der Waals surface area contributed by atoms with Gasteiger partial charge in [0, 0.05) is 10.6 Å². The summed E-state index contributed by atoms with van der Waals surface area (Å²) in [6.45, 7) is 1.42. The second-order valence-corrected chi connectivity index (χ2v) is 6.66. The largest absolute Gasteiger partial charge is 0.452 e. The molecule has 1 aromatic carbocycles. The van der Waals surface area contributed by atoms with Crippen LogP contribution in [0.1, 0.15) is 44.6 Å². The lowest BCUT2D eigenvalue weighted by Crippen LogP contribution is -2.52. The molecule has 1 N–H and O–H groups in total. The quantitative estimate of drug-likeness (QED) is 0.811. The average molecular weight is 367 g/mol. The molecule has 7 heteroatoms. The number of amides is 1. The Morgan fingerprint density at radius 2 is 2.08 bits per heavy atom. The van der Waals surface area contributed by atoms with Gasteiger partial charge in [0.15, 0.2) is 6.10 Å². The van der Waals surface area contributed by atoms with E-state index in [-0.39, 0.29) is 17.0 Å². The van der Waals surface area contributed by atoms with Crippen molar-refractivity contribution in [2.45, 2.75) is 57.1 Å². The van der Waals surface area contributed by atoms with Crippen LogP contribution in [-0.4, -0.2) is 23.5 Å². The fourth-order valence-corrected chi connectivity index (χ4v) is 3.13.